The standard InChI is InChI=1S/C55H33N3O/c59-55-45-21-5-4-19-40(45)42-23-12-24-43-47-33-37(27-29-50(47)58(55)53(42)43)35-14-10-13-34(31-35)36-15-11-18-39(32-36)56-49-26-9-7-22-46(49)52-51(56)30-28-44-41-20-6-8-25-48(41)57(54(44)52)38-16-2-1-3-17-38/h1-33H. The Hall–Kier alpha value is -7.95. The zero-order valence-corrected chi connectivity index (χ0v) is 31.8. The summed E-state index contributed by atoms with van der Waals surface area (Å²) in [7, 11) is 0. The molecule has 0 saturated heterocycles. The summed E-state index contributed by atoms with van der Waals surface area (Å²) in [5, 5.41) is 9.99. The fraction of sp³-hybridized carbons (Fsp3) is 0. The van der Waals surface area contributed by atoms with Gasteiger partial charge in [-0.25, -0.2) is 0 Å². The predicted octanol–water partition coefficient (Wildman–Crippen LogP) is 13.7. The van der Waals surface area contributed by atoms with Crippen LogP contribution in [0.2, 0.25) is 0 Å². The first kappa shape index (κ1) is 32.2. The summed E-state index contributed by atoms with van der Waals surface area (Å²) in [6.07, 6.45) is 0. The Kier molecular flexibility index (Phi) is 6.56. The van der Waals surface area contributed by atoms with Crippen molar-refractivity contribution in [3.8, 4) is 33.6 Å². The maximum absolute atomic E-state index is 13.9. The Balaban J connectivity index is 0.978. The van der Waals surface area contributed by atoms with E-state index in [0.717, 1.165) is 71.6 Å². The summed E-state index contributed by atoms with van der Waals surface area (Å²) in [6, 6.07) is 71.5. The van der Waals surface area contributed by atoms with E-state index >= 15 is 0 Å². The minimum atomic E-state index is 0.0279. The molecule has 0 fully saturated rings. The minimum Gasteiger partial charge on any atom is -0.309 e. The number of fused-ring (bicyclic) bond motifs is 12. The third kappa shape index (κ3) is 4.46. The van der Waals surface area contributed by atoms with Gasteiger partial charge in [-0.15, -0.1) is 0 Å². The SMILES string of the molecule is O=c1c2ccccc2c2cccc3c4cc(-c5cccc(-c6cccc(-n7c8ccccc8c8c7ccc7c9ccccc9n(-c9ccccc9)c78)c6)c5)ccc4n1c23. The third-order valence-electron chi connectivity index (χ3n) is 12.6. The smallest absolute Gasteiger partial charge is 0.263 e. The summed E-state index contributed by atoms with van der Waals surface area (Å²) in [4.78, 5) is 13.9. The fourth-order valence-electron chi connectivity index (χ4n) is 10.0. The van der Waals surface area contributed by atoms with Crippen molar-refractivity contribution in [3.05, 3.63) is 211 Å². The van der Waals surface area contributed by atoms with Crippen LogP contribution in [-0.2, 0) is 0 Å². The van der Waals surface area contributed by atoms with Crippen LogP contribution in [0.15, 0.2) is 205 Å². The van der Waals surface area contributed by atoms with Gasteiger partial charge in [-0.2, -0.15) is 0 Å². The van der Waals surface area contributed by atoms with Gasteiger partial charge in [0, 0.05) is 54.5 Å². The highest BCUT2D eigenvalue weighted by Gasteiger charge is 2.21. The van der Waals surface area contributed by atoms with E-state index in [0.29, 0.717) is 0 Å². The molecule has 9 aromatic carbocycles. The molecule has 0 aliphatic rings. The molecule has 4 aromatic heterocycles. The van der Waals surface area contributed by atoms with Gasteiger partial charge in [-0.3, -0.25) is 9.20 Å². The van der Waals surface area contributed by atoms with Crippen LogP contribution in [0.5, 0.6) is 0 Å². The lowest BCUT2D eigenvalue weighted by molar-refractivity contribution is 1.17. The Labute approximate surface area is 338 Å². The Morgan fingerprint density at radius 3 is 1.63 bits per heavy atom. The molecule has 0 radical (unpaired) electrons. The van der Waals surface area contributed by atoms with Gasteiger partial charge in [0.25, 0.3) is 5.56 Å². The zero-order chi connectivity index (χ0) is 38.8. The molecule has 4 heteroatoms. The summed E-state index contributed by atoms with van der Waals surface area (Å²) < 4.78 is 6.77. The molecule has 0 amide bonds. The quantitative estimate of drug-likeness (QED) is 0.165. The van der Waals surface area contributed by atoms with Gasteiger partial charge in [0.05, 0.1) is 33.1 Å². The molecule has 4 nitrogen and oxygen atoms in total. The lowest BCUT2D eigenvalue weighted by Gasteiger charge is -2.12. The molecule has 13 rings (SSSR count). The molecule has 0 aliphatic carbocycles. The van der Waals surface area contributed by atoms with Crippen molar-refractivity contribution in [1.82, 2.24) is 13.5 Å². The predicted molar refractivity (Wildman–Crippen MR) is 247 cm³/mol. The van der Waals surface area contributed by atoms with E-state index in [1.54, 1.807) is 0 Å². The summed E-state index contributed by atoms with van der Waals surface area (Å²) in [6.45, 7) is 0. The molecule has 0 atom stereocenters. The Morgan fingerprint density at radius 1 is 0.288 bits per heavy atom. The van der Waals surface area contributed by atoms with Crippen LogP contribution >= 0.6 is 0 Å². The number of rotatable bonds is 4. The molecule has 4 heterocycles. The van der Waals surface area contributed by atoms with Gasteiger partial charge in [-0.05, 0) is 94.4 Å². The zero-order valence-electron chi connectivity index (χ0n) is 31.8. The van der Waals surface area contributed by atoms with E-state index < -0.39 is 0 Å². The van der Waals surface area contributed by atoms with Gasteiger partial charge in [0.1, 0.15) is 0 Å². The summed E-state index contributed by atoms with van der Waals surface area (Å²) in [5.41, 5.74) is 13.5. The second kappa shape index (κ2) is 12.0. The van der Waals surface area contributed by atoms with E-state index in [1.807, 2.05) is 22.6 Å². The third-order valence-corrected chi connectivity index (χ3v) is 12.6. The molecule has 0 N–H and O–H groups in total. The number of aromatic nitrogens is 3. The van der Waals surface area contributed by atoms with Gasteiger partial charge in [-0.1, -0.05) is 133 Å². The van der Waals surface area contributed by atoms with E-state index in [-0.39, 0.29) is 5.56 Å². The van der Waals surface area contributed by atoms with Gasteiger partial charge >= 0.3 is 0 Å². The van der Waals surface area contributed by atoms with E-state index in [2.05, 4.69) is 191 Å². The monoisotopic (exact) mass is 751 g/mol. The molecule has 0 spiro atoms. The highest BCUT2D eigenvalue weighted by atomic mass is 16.1. The molecule has 0 unspecified atom stereocenters. The lowest BCUT2D eigenvalue weighted by Crippen LogP contribution is -2.12. The molecule has 0 aliphatic heterocycles. The number of para-hydroxylation sites is 4. The van der Waals surface area contributed by atoms with Gasteiger partial charge in [0.2, 0.25) is 0 Å². The van der Waals surface area contributed by atoms with Gasteiger partial charge < -0.3 is 9.13 Å². The van der Waals surface area contributed by atoms with Crippen molar-refractivity contribution in [3.63, 3.8) is 0 Å². The molecule has 59 heavy (non-hydrogen) atoms. The first-order chi connectivity index (χ1) is 29.2. The van der Waals surface area contributed by atoms with Crippen molar-refractivity contribution in [2.24, 2.45) is 0 Å². The maximum atomic E-state index is 13.9. The first-order valence-electron chi connectivity index (χ1n) is 20.1. The first-order valence-corrected chi connectivity index (χ1v) is 20.1. The Morgan fingerprint density at radius 2 is 0.831 bits per heavy atom. The minimum absolute atomic E-state index is 0.0279. The number of pyridine rings is 1. The van der Waals surface area contributed by atoms with Crippen LogP contribution in [0.4, 0.5) is 0 Å². The topological polar surface area (TPSA) is 31.3 Å². The molecule has 13 aromatic rings. The van der Waals surface area contributed by atoms with Crippen LogP contribution < -0.4 is 5.56 Å². The van der Waals surface area contributed by atoms with Crippen LogP contribution in [0.25, 0.3) is 115 Å². The summed E-state index contributed by atoms with van der Waals surface area (Å²) in [5.74, 6) is 0. The van der Waals surface area contributed by atoms with E-state index in [9.17, 15) is 4.79 Å². The number of nitrogens with zero attached hydrogens (tertiary/aromatic N) is 3. The molecule has 0 saturated carbocycles. The number of hydrogen-bond donors (Lipinski definition) is 0. The Bertz CT molecular complexity index is 3920. The van der Waals surface area contributed by atoms with Crippen molar-refractivity contribution < 1.29 is 0 Å². The molecule has 0 bridgehead atoms. The average Bonchev–Trinajstić information content (AvgIpc) is 3.95. The van der Waals surface area contributed by atoms with Crippen molar-refractivity contribution in [2.45, 2.75) is 0 Å². The van der Waals surface area contributed by atoms with Gasteiger partial charge in [0.15, 0.2) is 0 Å². The number of hydrogen-bond acceptors (Lipinski definition) is 1. The molecular formula is C55H33N3O. The average molecular weight is 752 g/mol. The van der Waals surface area contributed by atoms with Crippen LogP contribution in [0, 0.1) is 0 Å². The van der Waals surface area contributed by atoms with Crippen molar-refractivity contribution >= 4 is 81.6 Å². The largest absolute Gasteiger partial charge is 0.309 e. The molecular weight excluding hydrogens is 719 g/mol. The second-order valence-electron chi connectivity index (χ2n) is 15.6. The normalized spacial score (nSPS) is 12.1. The van der Waals surface area contributed by atoms with E-state index in [1.165, 1.54) is 43.6 Å². The molecule has 274 valence electrons. The summed E-state index contributed by atoms with van der Waals surface area (Å²) >= 11 is 0. The lowest BCUT2D eigenvalue weighted by atomic mass is 9.97. The second-order valence-corrected chi connectivity index (χ2v) is 15.6. The van der Waals surface area contributed by atoms with Crippen molar-refractivity contribution in [2.75, 3.05) is 0 Å². The van der Waals surface area contributed by atoms with Crippen LogP contribution in [-0.4, -0.2) is 13.5 Å². The van der Waals surface area contributed by atoms with Crippen molar-refractivity contribution in [1.29, 1.82) is 0 Å². The highest BCUT2D eigenvalue weighted by molar-refractivity contribution is 6.26. The maximum Gasteiger partial charge on any atom is 0.263 e. The fourth-order valence-corrected chi connectivity index (χ4v) is 10.0. The number of benzene rings is 9. The van der Waals surface area contributed by atoms with Crippen LogP contribution in [0.1, 0.15) is 0 Å². The van der Waals surface area contributed by atoms with E-state index in [4.69, 9.17) is 0 Å². The highest BCUT2D eigenvalue weighted by Crippen LogP contribution is 2.43. The van der Waals surface area contributed by atoms with Crippen LogP contribution in [0.3, 0.4) is 0 Å².